The molecule has 5 nitrogen and oxygen atoms in total. The van der Waals surface area contributed by atoms with Crippen LogP contribution in [-0.4, -0.2) is 35.9 Å². The van der Waals surface area contributed by atoms with Crippen molar-refractivity contribution in [1.29, 1.82) is 0 Å². The molecule has 3 aromatic rings. The molecule has 1 atom stereocenters. The van der Waals surface area contributed by atoms with E-state index in [1.807, 2.05) is 44.2 Å². The first-order valence-corrected chi connectivity index (χ1v) is 12.4. The second-order valence-electron chi connectivity index (χ2n) is 8.86. The van der Waals surface area contributed by atoms with Gasteiger partial charge in [-0.05, 0) is 53.4 Å². The SMILES string of the molecule is CC(C)CNC(=O)C(Cc1ccccc1)N(Cc1ccc(Cl)c(Cl)c1)C(=O)COc1ccc(F)cc1. The van der Waals surface area contributed by atoms with Gasteiger partial charge in [0.1, 0.15) is 17.6 Å². The highest BCUT2D eigenvalue weighted by Gasteiger charge is 2.31. The average Bonchev–Trinajstić information content (AvgIpc) is 2.86. The molecule has 36 heavy (non-hydrogen) atoms. The van der Waals surface area contributed by atoms with Gasteiger partial charge in [-0.25, -0.2) is 4.39 Å². The lowest BCUT2D eigenvalue weighted by Crippen LogP contribution is -2.52. The molecule has 3 rings (SSSR count). The van der Waals surface area contributed by atoms with Crippen molar-refractivity contribution < 1.29 is 18.7 Å². The van der Waals surface area contributed by atoms with Crippen molar-refractivity contribution in [2.45, 2.75) is 32.9 Å². The number of benzene rings is 3. The van der Waals surface area contributed by atoms with E-state index in [1.54, 1.807) is 18.2 Å². The van der Waals surface area contributed by atoms with Crippen LogP contribution in [0.1, 0.15) is 25.0 Å². The minimum atomic E-state index is -0.801. The van der Waals surface area contributed by atoms with Crippen LogP contribution >= 0.6 is 23.2 Å². The Morgan fingerprint density at radius 3 is 2.28 bits per heavy atom. The number of nitrogens with zero attached hydrogens (tertiary/aromatic N) is 1. The number of nitrogens with one attached hydrogen (secondary N) is 1. The summed E-state index contributed by atoms with van der Waals surface area (Å²) in [4.78, 5) is 28.4. The quantitative estimate of drug-likeness (QED) is 0.334. The van der Waals surface area contributed by atoms with E-state index in [1.165, 1.54) is 29.2 Å². The van der Waals surface area contributed by atoms with Crippen LogP contribution in [0.5, 0.6) is 5.75 Å². The summed E-state index contributed by atoms with van der Waals surface area (Å²) in [7, 11) is 0. The van der Waals surface area contributed by atoms with Gasteiger partial charge in [0.05, 0.1) is 10.0 Å². The van der Waals surface area contributed by atoms with Crippen LogP contribution in [-0.2, 0) is 22.6 Å². The summed E-state index contributed by atoms with van der Waals surface area (Å²) >= 11 is 12.3. The number of ether oxygens (including phenoxy) is 1. The van der Waals surface area contributed by atoms with Gasteiger partial charge >= 0.3 is 0 Å². The highest BCUT2D eigenvalue weighted by atomic mass is 35.5. The van der Waals surface area contributed by atoms with Gasteiger partial charge in [0.25, 0.3) is 5.91 Å². The topological polar surface area (TPSA) is 58.6 Å². The van der Waals surface area contributed by atoms with E-state index >= 15 is 0 Å². The Morgan fingerprint density at radius 1 is 0.944 bits per heavy atom. The van der Waals surface area contributed by atoms with Crippen molar-refractivity contribution in [3.63, 3.8) is 0 Å². The molecule has 8 heteroatoms. The summed E-state index contributed by atoms with van der Waals surface area (Å²) in [5.74, 6) is -0.469. The summed E-state index contributed by atoms with van der Waals surface area (Å²) < 4.78 is 18.9. The molecule has 0 spiro atoms. The van der Waals surface area contributed by atoms with Crippen LogP contribution in [0, 0.1) is 11.7 Å². The average molecular weight is 531 g/mol. The zero-order valence-electron chi connectivity index (χ0n) is 20.2. The zero-order chi connectivity index (χ0) is 26.1. The van der Waals surface area contributed by atoms with Crippen molar-refractivity contribution in [2.24, 2.45) is 5.92 Å². The largest absolute Gasteiger partial charge is 0.484 e. The molecule has 1 unspecified atom stereocenters. The second-order valence-corrected chi connectivity index (χ2v) is 9.67. The van der Waals surface area contributed by atoms with Gasteiger partial charge < -0.3 is 15.0 Å². The number of carbonyl (C=O) groups is 2. The summed E-state index contributed by atoms with van der Waals surface area (Å²) in [5.41, 5.74) is 1.63. The van der Waals surface area contributed by atoms with Gasteiger partial charge in [0.2, 0.25) is 5.91 Å². The number of halogens is 3. The lowest BCUT2D eigenvalue weighted by molar-refractivity contribution is -0.142. The Balaban J connectivity index is 1.91. The number of hydrogen-bond acceptors (Lipinski definition) is 3. The summed E-state index contributed by atoms with van der Waals surface area (Å²) in [5, 5.41) is 3.71. The first-order valence-electron chi connectivity index (χ1n) is 11.7. The third-order valence-electron chi connectivity index (χ3n) is 5.47. The Bertz CT molecular complexity index is 1160. The van der Waals surface area contributed by atoms with E-state index in [2.05, 4.69) is 5.32 Å². The monoisotopic (exact) mass is 530 g/mol. The molecule has 3 aromatic carbocycles. The molecule has 0 radical (unpaired) electrons. The molecule has 2 amide bonds. The molecule has 0 aliphatic rings. The smallest absolute Gasteiger partial charge is 0.261 e. The predicted molar refractivity (Wildman–Crippen MR) is 141 cm³/mol. The van der Waals surface area contributed by atoms with E-state index in [0.29, 0.717) is 34.3 Å². The maximum absolute atomic E-state index is 13.5. The van der Waals surface area contributed by atoms with Crippen LogP contribution in [0.3, 0.4) is 0 Å². The standard InChI is InChI=1S/C28H29Cl2FN2O3/c1-19(2)16-32-28(35)26(15-20-6-4-3-5-7-20)33(17-21-8-13-24(29)25(30)14-21)27(34)18-36-23-11-9-22(31)10-12-23/h3-14,19,26H,15-18H2,1-2H3,(H,32,35). The molecule has 190 valence electrons. The fraction of sp³-hybridized carbons (Fsp3) is 0.286. The van der Waals surface area contributed by atoms with E-state index in [0.717, 1.165) is 5.56 Å². The number of hydrogen-bond donors (Lipinski definition) is 1. The first-order chi connectivity index (χ1) is 17.2. The third kappa shape index (κ3) is 8.25. The maximum atomic E-state index is 13.5. The van der Waals surface area contributed by atoms with Gasteiger partial charge in [-0.3, -0.25) is 9.59 Å². The third-order valence-corrected chi connectivity index (χ3v) is 6.21. The van der Waals surface area contributed by atoms with Crippen LogP contribution in [0.15, 0.2) is 72.8 Å². The minimum absolute atomic E-state index is 0.120. The van der Waals surface area contributed by atoms with Crippen LogP contribution in [0.2, 0.25) is 10.0 Å². The van der Waals surface area contributed by atoms with Gasteiger partial charge in [-0.1, -0.05) is 73.4 Å². The maximum Gasteiger partial charge on any atom is 0.261 e. The first kappa shape index (κ1) is 27.5. The number of amides is 2. The van der Waals surface area contributed by atoms with E-state index in [-0.39, 0.29) is 25.0 Å². The lowest BCUT2D eigenvalue weighted by atomic mass is 10.0. The van der Waals surface area contributed by atoms with Crippen LogP contribution in [0.4, 0.5) is 4.39 Å². The summed E-state index contributed by atoms with van der Waals surface area (Å²) in [6.07, 6.45) is 0.314. The Morgan fingerprint density at radius 2 is 1.64 bits per heavy atom. The highest BCUT2D eigenvalue weighted by Crippen LogP contribution is 2.24. The van der Waals surface area contributed by atoms with Gasteiger partial charge in [0.15, 0.2) is 6.61 Å². The number of rotatable bonds is 11. The molecule has 0 fully saturated rings. The molecule has 0 saturated heterocycles. The normalized spacial score (nSPS) is 11.7. The molecule has 0 aromatic heterocycles. The fourth-order valence-electron chi connectivity index (χ4n) is 3.57. The van der Waals surface area contributed by atoms with Crippen molar-refractivity contribution in [3.8, 4) is 5.75 Å². The van der Waals surface area contributed by atoms with Crippen LogP contribution < -0.4 is 10.1 Å². The summed E-state index contributed by atoms with van der Waals surface area (Å²) in [6, 6.07) is 19.2. The highest BCUT2D eigenvalue weighted by molar-refractivity contribution is 6.42. The molecule has 0 heterocycles. The van der Waals surface area contributed by atoms with E-state index < -0.39 is 17.8 Å². The van der Waals surface area contributed by atoms with Gasteiger partial charge in [-0.2, -0.15) is 0 Å². The van der Waals surface area contributed by atoms with Crippen LogP contribution in [0.25, 0.3) is 0 Å². The molecule has 0 saturated carbocycles. The molecule has 0 aliphatic heterocycles. The summed E-state index contributed by atoms with van der Waals surface area (Å²) in [6.45, 7) is 4.28. The fourth-order valence-corrected chi connectivity index (χ4v) is 3.89. The molecular weight excluding hydrogens is 502 g/mol. The van der Waals surface area contributed by atoms with Gasteiger partial charge in [0, 0.05) is 19.5 Å². The van der Waals surface area contributed by atoms with E-state index in [9.17, 15) is 14.0 Å². The molecule has 1 N–H and O–H groups in total. The molecule has 0 aliphatic carbocycles. The van der Waals surface area contributed by atoms with Crippen molar-refractivity contribution in [3.05, 3.63) is 99.8 Å². The van der Waals surface area contributed by atoms with Crippen molar-refractivity contribution >= 4 is 35.0 Å². The Labute approximate surface area is 221 Å². The van der Waals surface area contributed by atoms with Crippen molar-refractivity contribution in [2.75, 3.05) is 13.2 Å². The zero-order valence-corrected chi connectivity index (χ0v) is 21.7. The minimum Gasteiger partial charge on any atom is -0.484 e. The Hall–Kier alpha value is -3.09. The molecule has 0 bridgehead atoms. The predicted octanol–water partition coefficient (Wildman–Crippen LogP) is 5.92. The Kier molecular flexibility index (Phi) is 10.1. The molecular formula is C28H29Cl2FN2O3. The van der Waals surface area contributed by atoms with Crippen molar-refractivity contribution in [1.82, 2.24) is 10.2 Å². The second kappa shape index (κ2) is 13.3. The lowest BCUT2D eigenvalue weighted by Gasteiger charge is -2.31. The van der Waals surface area contributed by atoms with Gasteiger partial charge in [-0.15, -0.1) is 0 Å². The van der Waals surface area contributed by atoms with E-state index in [4.69, 9.17) is 27.9 Å². The number of carbonyl (C=O) groups excluding carboxylic acids is 2.